The number of amides is 1. The summed E-state index contributed by atoms with van der Waals surface area (Å²) in [7, 11) is 0. The Morgan fingerprint density at radius 3 is 2.68 bits per heavy atom. The van der Waals surface area contributed by atoms with Crippen LogP contribution in [0.15, 0.2) is 58.2 Å². The Kier molecular flexibility index (Phi) is 5.57. The number of hydrogen-bond acceptors (Lipinski definition) is 6. The predicted octanol–water partition coefficient (Wildman–Crippen LogP) is 4.21. The van der Waals surface area contributed by atoms with Crippen LogP contribution >= 0.6 is 11.8 Å². The molecule has 0 bridgehead atoms. The number of nitrogens with zero attached hydrogens (tertiary/aromatic N) is 3. The second-order valence-corrected chi connectivity index (χ2v) is 7.39. The monoisotopic (exact) mass is 398 g/mol. The Hall–Kier alpha value is -2.87. The van der Waals surface area contributed by atoms with Crippen LogP contribution in [0.4, 0.5) is 15.8 Å². The first-order valence-corrected chi connectivity index (χ1v) is 10.0. The summed E-state index contributed by atoms with van der Waals surface area (Å²) in [6.07, 6.45) is 2.46. The fourth-order valence-electron chi connectivity index (χ4n) is 3.06. The van der Waals surface area contributed by atoms with Gasteiger partial charge in [-0.25, -0.2) is 4.39 Å². The Bertz CT molecular complexity index is 955. The molecule has 0 radical (unpaired) electrons. The molecule has 8 heteroatoms. The van der Waals surface area contributed by atoms with Crippen LogP contribution < -0.4 is 10.2 Å². The van der Waals surface area contributed by atoms with Crippen LogP contribution in [0.25, 0.3) is 11.5 Å². The van der Waals surface area contributed by atoms with E-state index in [1.165, 1.54) is 30.7 Å². The number of halogens is 1. The zero-order chi connectivity index (χ0) is 19.3. The van der Waals surface area contributed by atoms with Crippen molar-refractivity contribution in [1.82, 2.24) is 10.2 Å². The van der Waals surface area contributed by atoms with E-state index < -0.39 is 0 Å². The number of nitrogens with one attached hydrogen (secondary N) is 1. The van der Waals surface area contributed by atoms with Gasteiger partial charge < -0.3 is 14.6 Å². The van der Waals surface area contributed by atoms with E-state index in [1.807, 2.05) is 24.3 Å². The van der Waals surface area contributed by atoms with E-state index in [-0.39, 0.29) is 28.6 Å². The average molecular weight is 398 g/mol. The summed E-state index contributed by atoms with van der Waals surface area (Å²) in [6.45, 7) is 2.17. The maximum absolute atomic E-state index is 13.3. The SMILES string of the molecule is O=C(CSc1nnc(-c2cccc(F)c2)o1)Nc1ccc(N2CCCC2)cc1. The van der Waals surface area contributed by atoms with E-state index in [0.29, 0.717) is 5.56 Å². The van der Waals surface area contributed by atoms with E-state index in [0.717, 1.165) is 30.5 Å². The molecule has 0 saturated carbocycles. The fraction of sp³-hybridized carbons (Fsp3) is 0.250. The highest BCUT2D eigenvalue weighted by molar-refractivity contribution is 7.99. The lowest BCUT2D eigenvalue weighted by Crippen LogP contribution is -2.18. The normalized spacial score (nSPS) is 13.7. The Morgan fingerprint density at radius 2 is 1.93 bits per heavy atom. The minimum Gasteiger partial charge on any atom is -0.411 e. The van der Waals surface area contributed by atoms with Crippen molar-refractivity contribution in [3.05, 3.63) is 54.3 Å². The van der Waals surface area contributed by atoms with Gasteiger partial charge in [0.15, 0.2) is 0 Å². The predicted molar refractivity (Wildman–Crippen MR) is 107 cm³/mol. The van der Waals surface area contributed by atoms with Gasteiger partial charge >= 0.3 is 0 Å². The van der Waals surface area contributed by atoms with Crippen molar-refractivity contribution in [2.75, 3.05) is 29.1 Å². The summed E-state index contributed by atoms with van der Waals surface area (Å²) < 4.78 is 18.8. The van der Waals surface area contributed by atoms with Gasteiger partial charge in [0.1, 0.15) is 5.82 Å². The molecule has 1 aliphatic rings. The van der Waals surface area contributed by atoms with Crippen molar-refractivity contribution in [2.45, 2.75) is 18.1 Å². The summed E-state index contributed by atoms with van der Waals surface area (Å²) in [6, 6.07) is 13.8. The zero-order valence-electron chi connectivity index (χ0n) is 15.1. The van der Waals surface area contributed by atoms with Crippen LogP contribution in [0.3, 0.4) is 0 Å². The number of benzene rings is 2. The van der Waals surface area contributed by atoms with Crippen LogP contribution in [0.5, 0.6) is 0 Å². The molecule has 1 N–H and O–H groups in total. The molecule has 0 spiro atoms. The molecule has 1 saturated heterocycles. The maximum atomic E-state index is 13.3. The van der Waals surface area contributed by atoms with Gasteiger partial charge in [-0.05, 0) is 55.3 Å². The number of carbonyl (C=O) groups is 1. The molecule has 2 aromatic carbocycles. The zero-order valence-corrected chi connectivity index (χ0v) is 15.9. The molecule has 4 rings (SSSR count). The second kappa shape index (κ2) is 8.43. The summed E-state index contributed by atoms with van der Waals surface area (Å²) in [4.78, 5) is 14.5. The molecular weight excluding hydrogens is 379 g/mol. The van der Waals surface area contributed by atoms with Crippen LogP contribution in [-0.4, -0.2) is 34.9 Å². The second-order valence-electron chi connectivity index (χ2n) is 6.46. The van der Waals surface area contributed by atoms with Gasteiger partial charge in [0.2, 0.25) is 11.8 Å². The summed E-state index contributed by atoms with van der Waals surface area (Å²) in [5, 5.41) is 10.9. The van der Waals surface area contributed by atoms with Crippen molar-refractivity contribution in [3.63, 3.8) is 0 Å². The third-order valence-electron chi connectivity index (χ3n) is 4.43. The standard InChI is InChI=1S/C20H19FN4O2S/c21-15-5-3-4-14(12-15)19-23-24-20(27-19)28-13-18(26)22-16-6-8-17(9-7-16)25-10-1-2-11-25/h3-9,12H,1-2,10-11,13H2,(H,22,26). The molecule has 3 aromatic rings. The Balaban J connectivity index is 1.30. The molecule has 1 aromatic heterocycles. The van der Waals surface area contributed by atoms with E-state index in [4.69, 9.17) is 4.42 Å². The van der Waals surface area contributed by atoms with Gasteiger partial charge in [-0.3, -0.25) is 4.79 Å². The maximum Gasteiger partial charge on any atom is 0.277 e. The molecule has 144 valence electrons. The molecule has 0 unspecified atom stereocenters. The molecule has 0 atom stereocenters. The number of anilines is 2. The topological polar surface area (TPSA) is 71.3 Å². The Morgan fingerprint density at radius 1 is 1.14 bits per heavy atom. The smallest absolute Gasteiger partial charge is 0.277 e. The highest BCUT2D eigenvalue weighted by Gasteiger charge is 2.13. The van der Waals surface area contributed by atoms with Gasteiger partial charge in [-0.15, -0.1) is 10.2 Å². The van der Waals surface area contributed by atoms with E-state index >= 15 is 0 Å². The van der Waals surface area contributed by atoms with Crippen molar-refractivity contribution in [2.24, 2.45) is 0 Å². The van der Waals surface area contributed by atoms with Gasteiger partial charge in [-0.2, -0.15) is 0 Å². The van der Waals surface area contributed by atoms with Crippen molar-refractivity contribution < 1.29 is 13.6 Å². The van der Waals surface area contributed by atoms with Crippen molar-refractivity contribution in [3.8, 4) is 11.5 Å². The number of carbonyl (C=O) groups excluding carboxylic acids is 1. The van der Waals surface area contributed by atoms with E-state index in [2.05, 4.69) is 20.4 Å². The quantitative estimate of drug-likeness (QED) is 0.628. The van der Waals surface area contributed by atoms with Crippen LogP contribution in [-0.2, 0) is 4.79 Å². The summed E-state index contributed by atoms with van der Waals surface area (Å²) in [5.74, 6) is -0.178. The molecule has 1 fully saturated rings. The molecule has 28 heavy (non-hydrogen) atoms. The number of hydrogen-bond donors (Lipinski definition) is 1. The minimum atomic E-state index is -0.375. The highest BCUT2D eigenvalue weighted by Crippen LogP contribution is 2.25. The first-order chi connectivity index (χ1) is 13.7. The average Bonchev–Trinajstić information content (AvgIpc) is 3.39. The molecular formula is C20H19FN4O2S. The van der Waals surface area contributed by atoms with Crippen LogP contribution in [0, 0.1) is 5.82 Å². The van der Waals surface area contributed by atoms with Crippen molar-refractivity contribution >= 4 is 29.0 Å². The minimum absolute atomic E-state index is 0.138. The number of thioether (sulfide) groups is 1. The van der Waals surface area contributed by atoms with Gasteiger partial charge in [0.25, 0.3) is 5.22 Å². The third-order valence-corrected chi connectivity index (χ3v) is 5.25. The molecule has 1 aliphatic heterocycles. The Labute approximate surface area is 166 Å². The lowest BCUT2D eigenvalue weighted by molar-refractivity contribution is -0.113. The number of aromatic nitrogens is 2. The summed E-state index contributed by atoms with van der Waals surface area (Å²) >= 11 is 1.14. The van der Waals surface area contributed by atoms with Gasteiger partial charge in [0, 0.05) is 30.0 Å². The van der Waals surface area contributed by atoms with E-state index in [9.17, 15) is 9.18 Å². The molecule has 0 aliphatic carbocycles. The van der Waals surface area contributed by atoms with Gasteiger partial charge in [-0.1, -0.05) is 17.8 Å². The lowest BCUT2D eigenvalue weighted by atomic mass is 10.2. The molecule has 1 amide bonds. The largest absolute Gasteiger partial charge is 0.411 e. The van der Waals surface area contributed by atoms with Gasteiger partial charge in [0.05, 0.1) is 5.75 Å². The van der Waals surface area contributed by atoms with E-state index in [1.54, 1.807) is 12.1 Å². The number of rotatable bonds is 6. The lowest BCUT2D eigenvalue weighted by Gasteiger charge is -2.17. The van der Waals surface area contributed by atoms with Crippen LogP contribution in [0.2, 0.25) is 0 Å². The molecule has 2 heterocycles. The van der Waals surface area contributed by atoms with Crippen molar-refractivity contribution in [1.29, 1.82) is 0 Å². The summed E-state index contributed by atoms with van der Waals surface area (Å²) in [5.41, 5.74) is 2.43. The van der Waals surface area contributed by atoms with Crippen LogP contribution in [0.1, 0.15) is 12.8 Å². The highest BCUT2D eigenvalue weighted by atomic mass is 32.2. The first-order valence-electron chi connectivity index (χ1n) is 9.04. The fourth-order valence-corrected chi connectivity index (χ4v) is 3.62. The molecule has 6 nitrogen and oxygen atoms in total. The first kappa shape index (κ1) is 18.5. The third kappa shape index (κ3) is 4.51.